The molecule has 2 aromatic heterocycles. The molecule has 0 N–H and O–H groups in total. The highest BCUT2D eigenvalue weighted by atomic mass is 16.5. The Hall–Kier alpha value is -3.46. The lowest BCUT2D eigenvalue weighted by molar-refractivity contribution is -0.955. The second-order valence-electron chi connectivity index (χ2n) is 7.66. The van der Waals surface area contributed by atoms with Gasteiger partial charge in [0.25, 0.3) is 0 Å². The Morgan fingerprint density at radius 2 is 1.34 bits per heavy atom. The van der Waals surface area contributed by atoms with Crippen LogP contribution in [0.15, 0.2) is 85.2 Å². The van der Waals surface area contributed by atoms with Gasteiger partial charge in [-0.15, -0.1) is 9.13 Å². The molecule has 2 aliphatic rings. The molecule has 0 aliphatic carbocycles. The fourth-order valence-electron chi connectivity index (χ4n) is 5.38. The first-order valence-electron chi connectivity index (χ1n) is 10.1. The zero-order chi connectivity index (χ0) is 19.6. The maximum atomic E-state index is 5.81. The first-order valence-corrected chi connectivity index (χ1v) is 10.1. The molecule has 0 amide bonds. The maximum Gasteiger partial charge on any atom is 0.417 e. The number of ether oxygens (including phenoxy) is 1. The van der Waals surface area contributed by atoms with Gasteiger partial charge in [0, 0.05) is 24.3 Å². The molecular weight excluding hydrogens is 356 g/mol. The molecule has 0 saturated carbocycles. The Bertz CT molecular complexity index is 1190. The van der Waals surface area contributed by atoms with Crippen LogP contribution in [0.1, 0.15) is 23.6 Å². The molecular formula is C26H22N2O+2. The van der Waals surface area contributed by atoms with E-state index in [0.717, 1.165) is 12.2 Å². The number of nitrogens with zero attached hydrogens (tertiary/aromatic N) is 2. The molecule has 0 saturated heterocycles. The van der Waals surface area contributed by atoms with Gasteiger partial charge in [-0.2, -0.15) is 0 Å². The summed E-state index contributed by atoms with van der Waals surface area (Å²) in [6.07, 6.45) is 5.42. The van der Waals surface area contributed by atoms with Gasteiger partial charge in [0.05, 0.1) is 12.7 Å². The van der Waals surface area contributed by atoms with Crippen LogP contribution in [0.25, 0.3) is 22.5 Å². The lowest BCUT2D eigenvalue weighted by Crippen LogP contribution is -2.71. The zero-order valence-electron chi connectivity index (χ0n) is 16.6. The molecule has 1 spiro atoms. The Labute approximate surface area is 170 Å². The van der Waals surface area contributed by atoms with Gasteiger partial charge < -0.3 is 4.74 Å². The Balaban J connectivity index is 1.86. The molecule has 140 valence electrons. The summed E-state index contributed by atoms with van der Waals surface area (Å²) in [6, 6.07) is 26.1. The quantitative estimate of drug-likeness (QED) is 0.415. The molecule has 3 nitrogen and oxygen atoms in total. The molecule has 4 heterocycles. The van der Waals surface area contributed by atoms with Crippen molar-refractivity contribution in [2.45, 2.75) is 19.0 Å². The smallest absolute Gasteiger partial charge is 0.417 e. The molecule has 1 unspecified atom stereocenters. The molecule has 2 aromatic carbocycles. The van der Waals surface area contributed by atoms with Crippen molar-refractivity contribution in [3.8, 4) is 28.3 Å². The highest BCUT2D eigenvalue weighted by Crippen LogP contribution is 2.50. The minimum absolute atomic E-state index is 0.447. The molecule has 0 radical (unpaired) electrons. The third kappa shape index (κ3) is 1.83. The van der Waals surface area contributed by atoms with Gasteiger partial charge in [-0.05, 0) is 42.3 Å². The summed E-state index contributed by atoms with van der Waals surface area (Å²) in [5, 5.41) is 0. The summed E-state index contributed by atoms with van der Waals surface area (Å²) in [4.78, 5) is 0. The largest absolute Gasteiger partial charge is 0.496 e. The maximum absolute atomic E-state index is 5.81. The summed E-state index contributed by atoms with van der Waals surface area (Å²) in [5.41, 5.74) is 8.49. The number of methoxy groups -OCH3 is 1. The third-order valence-corrected chi connectivity index (χ3v) is 6.46. The van der Waals surface area contributed by atoms with Gasteiger partial charge in [0.2, 0.25) is 11.4 Å². The van der Waals surface area contributed by atoms with Crippen LogP contribution >= 0.6 is 0 Å². The first-order chi connectivity index (χ1) is 14.3. The van der Waals surface area contributed by atoms with E-state index < -0.39 is 5.66 Å². The second-order valence-corrected chi connectivity index (χ2v) is 7.66. The van der Waals surface area contributed by atoms with E-state index in [2.05, 4.69) is 101 Å². The average molecular weight is 378 g/mol. The zero-order valence-corrected chi connectivity index (χ0v) is 16.6. The Morgan fingerprint density at radius 3 is 2.00 bits per heavy atom. The van der Waals surface area contributed by atoms with Gasteiger partial charge in [0.1, 0.15) is 22.4 Å². The van der Waals surface area contributed by atoms with Crippen molar-refractivity contribution in [2.75, 3.05) is 7.11 Å². The van der Waals surface area contributed by atoms with E-state index in [9.17, 15) is 0 Å². The number of pyridine rings is 2. The molecule has 1 atom stereocenters. The summed E-state index contributed by atoms with van der Waals surface area (Å²) >= 11 is 0. The van der Waals surface area contributed by atoms with Crippen molar-refractivity contribution < 1.29 is 13.9 Å². The predicted molar refractivity (Wildman–Crippen MR) is 112 cm³/mol. The third-order valence-electron chi connectivity index (χ3n) is 6.46. The van der Waals surface area contributed by atoms with Crippen molar-refractivity contribution in [3.05, 3.63) is 102 Å². The van der Waals surface area contributed by atoms with E-state index in [1.807, 2.05) is 0 Å². The van der Waals surface area contributed by atoms with Gasteiger partial charge in [0.15, 0.2) is 12.4 Å². The normalized spacial score (nSPS) is 17.6. The van der Waals surface area contributed by atoms with Crippen molar-refractivity contribution in [2.24, 2.45) is 0 Å². The van der Waals surface area contributed by atoms with Crippen LogP contribution in [-0.4, -0.2) is 7.11 Å². The fraction of sp³-hybridized carbons (Fsp3) is 0.154. The topological polar surface area (TPSA) is 17.0 Å². The number of benzene rings is 2. The van der Waals surface area contributed by atoms with E-state index in [-0.39, 0.29) is 0 Å². The summed E-state index contributed by atoms with van der Waals surface area (Å²) in [5.74, 6) is 0.914. The van der Waals surface area contributed by atoms with E-state index in [1.165, 1.54) is 39.2 Å². The molecule has 29 heavy (non-hydrogen) atoms. The summed E-state index contributed by atoms with van der Waals surface area (Å²) in [6.45, 7) is 2.24. The number of aromatic nitrogens is 2. The standard InChI is InChI=1S/C26H22N2O/c1-3-18-10-8-11-19-24(18)21-13-4-6-16-27(21)26(19)20-12-9-15-23(29-2)25(20)22-14-5-7-17-28(22)26/h4-17H,3H2,1-2H3/q+2. The van der Waals surface area contributed by atoms with Gasteiger partial charge >= 0.3 is 5.66 Å². The van der Waals surface area contributed by atoms with Crippen LogP contribution < -0.4 is 13.9 Å². The summed E-state index contributed by atoms with van der Waals surface area (Å²) < 4.78 is 10.7. The number of hydrogen-bond donors (Lipinski definition) is 0. The minimum atomic E-state index is -0.447. The highest BCUT2D eigenvalue weighted by molar-refractivity contribution is 5.78. The molecule has 2 aliphatic heterocycles. The second kappa shape index (κ2) is 5.77. The first kappa shape index (κ1) is 16.5. The van der Waals surface area contributed by atoms with Crippen LogP contribution in [0, 0.1) is 0 Å². The highest BCUT2D eigenvalue weighted by Gasteiger charge is 2.67. The van der Waals surface area contributed by atoms with E-state index in [1.54, 1.807) is 7.11 Å². The molecule has 3 heteroatoms. The number of rotatable bonds is 2. The van der Waals surface area contributed by atoms with Crippen LogP contribution in [0.5, 0.6) is 5.75 Å². The van der Waals surface area contributed by atoms with Gasteiger partial charge in [-0.3, -0.25) is 0 Å². The fourth-order valence-corrected chi connectivity index (χ4v) is 5.38. The van der Waals surface area contributed by atoms with Crippen molar-refractivity contribution in [1.82, 2.24) is 0 Å². The number of fused-ring (bicyclic) bond motifs is 10. The number of hydrogen-bond acceptors (Lipinski definition) is 1. The molecule has 0 bridgehead atoms. The lowest BCUT2D eigenvalue weighted by atomic mass is 9.87. The molecule has 4 aromatic rings. The Morgan fingerprint density at radius 1 is 0.724 bits per heavy atom. The molecule has 0 fully saturated rings. The summed E-state index contributed by atoms with van der Waals surface area (Å²) in [7, 11) is 1.76. The van der Waals surface area contributed by atoms with E-state index >= 15 is 0 Å². The molecule has 6 rings (SSSR count). The van der Waals surface area contributed by atoms with Crippen LogP contribution in [0.3, 0.4) is 0 Å². The van der Waals surface area contributed by atoms with Crippen molar-refractivity contribution >= 4 is 0 Å². The van der Waals surface area contributed by atoms with Crippen LogP contribution in [0.2, 0.25) is 0 Å². The van der Waals surface area contributed by atoms with Crippen molar-refractivity contribution in [1.29, 1.82) is 0 Å². The SMILES string of the molecule is CCc1cccc2c1-c1cccc[n+]1C21c2cccc(OC)c2-c2cccc[n+]21. The van der Waals surface area contributed by atoms with E-state index in [4.69, 9.17) is 4.74 Å². The number of aryl methyl sites for hydroxylation is 1. The van der Waals surface area contributed by atoms with Crippen LogP contribution in [0.4, 0.5) is 0 Å². The predicted octanol–water partition coefficient (Wildman–Crippen LogP) is 4.09. The Kier molecular flexibility index (Phi) is 3.28. The van der Waals surface area contributed by atoms with Gasteiger partial charge in [-0.25, -0.2) is 0 Å². The minimum Gasteiger partial charge on any atom is -0.496 e. The average Bonchev–Trinajstić information content (AvgIpc) is 3.26. The lowest BCUT2D eigenvalue weighted by Gasteiger charge is -2.17. The van der Waals surface area contributed by atoms with Crippen molar-refractivity contribution in [3.63, 3.8) is 0 Å². The van der Waals surface area contributed by atoms with Gasteiger partial charge in [-0.1, -0.05) is 25.1 Å². The monoisotopic (exact) mass is 378 g/mol. The van der Waals surface area contributed by atoms with E-state index in [0.29, 0.717) is 0 Å². The van der Waals surface area contributed by atoms with Crippen LogP contribution in [-0.2, 0) is 12.1 Å².